The maximum atomic E-state index is 10.8. The molecule has 0 spiro atoms. The lowest BCUT2D eigenvalue weighted by atomic mass is 10.5. The fraction of sp³-hybridized carbons (Fsp3) is 0.769. The average Bonchev–Trinajstić information content (AvgIpc) is 2.35. The highest BCUT2D eigenvalue weighted by atomic mass is 28.3. The third-order valence-electron chi connectivity index (χ3n) is 2.38. The molecule has 0 fully saturated rings. The zero-order valence-corrected chi connectivity index (χ0v) is 12.7. The van der Waals surface area contributed by atoms with Crippen LogP contribution in [0.1, 0.15) is 20.3 Å². The number of carbonyl (C=O) groups excluding carboxylic acids is 1. The van der Waals surface area contributed by atoms with E-state index in [2.05, 4.69) is 13.1 Å². The van der Waals surface area contributed by atoms with Gasteiger partial charge in [-0.25, -0.2) is 4.79 Å². The topological polar surface area (TPSA) is 44.8 Å². The monoisotopic (exact) mass is 273 g/mol. The third-order valence-corrected chi connectivity index (χ3v) is 4.62. The highest BCUT2D eigenvalue weighted by Gasteiger charge is 2.14. The van der Waals surface area contributed by atoms with Crippen molar-refractivity contribution in [2.24, 2.45) is 0 Å². The average molecular weight is 273 g/mol. The lowest BCUT2D eigenvalue weighted by Gasteiger charge is -2.19. The maximum Gasteiger partial charge on any atom is 0.330 e. The van der Waals surface area contributed by atoms with Gasteiger partial charge in [0.1, 0.15) is 0 Å². The molecule has 5 heteroatoms. The predicted molar refractivity (Wildman–Crippen MR) is 74.0 cm³/mol. The van der Waals surface area contributed by atoms with Gasteiger partial charge in [0, 0.05) is 19.3 Å². The highest BCUT2D eigenvalue weighted by molar-refractivity contribution is 6.57. The number of hydrogen-bond donors (Lipinski definition) is 0. The van der Waals surface area contributed by atoms with Crippen LogP contribution in [0.2, 0.25) is 18.6 Å². The SMILES string of the molecule is C=CC(=O)OCCC[Si](C)CC(OCC)OCC. The van der Waals surface area contributed by atoms with Crippen molar-refractivity contribution in [2.45, 2.75) is 45.2 Å². The molecule has 0 aromatic rings. The Labute approximate surface area is 112 Å². The molecule has 0 N–H and O–H groups in total. The first-order valence-electron chi connectivity index (χ1n) is 6.47. The molecule has 0 aliphatic carbocycles. The van der Waals surface area contributed by atoms with Crippen LogP contribution in [0.25, 0.3) is 0 Å². The number of esters is 1. The molecule has 0 saturated heterocycles. The van der Waals surface area contributed by atoms with Crippen LogP contribution < -0.4 is 0 Å². The molecular weight excluding hydrogens is 248 g/mol. The van der Waals surface area contributed by atoms with E-state index >= 15 is 0 Å². The zero-order chi connectivity index (χ0) is 13.8. The van der Waals surface area contributed by atoms with Gasteiger partial charge in [-0.3, -0.25) is 0 Å². The van der Waals surface area contributed by atoms with Gasteiger partial charge in [0.25, 0.3) is 0 Å². The Morgan fingerprint density at radius 2 is 1.94 bits per heavy atom. The number of hydrogen-bond acceptors (Lipinski definition) is 4. The van der Waals surface area contributed by atoms with Crippen molar-refractivity contribution in [3.63, 3.8) is 0 Å². The Morgan fingerprint density at radius 3 is 2.44 bits per heavy atom. The van der Waals surface area contributed by atoms with Crippen molar-refractivity contribution in [3.8, 4) is 0 Å². The van der Waals surface area contributed by atoms with Gasteiger partial charge in [0.15, 0.2) is 6.29 Å². The fourth-order valence-electron chi connectivity index (χ4n) is 1.53. The summed E-state index contributed by atoms with van der Waals surface area (Å²) in [6.45, 7) is 11.4. The molecular formula is C13H25O4Si. The summed E-state index contributed by atoms with van der Waals surface area (Å²) < 4.78 is 16.0. The summed E-state index contributed by atoms with van der Waals surface area (Å²) in [6.07, 6.45) is 2.02. The van der Waals surface area contributed by atoms with Crippen LogP contribution in [0.5, 0.6) is 0 Å². The number of carbonyl (C=O) groups is 1. The van der Waals surface area contributed by atoms with Crippen molar-refractivity contribution in [3.05, 3.63) is 12.7 Å². The Balaban J connectivity index is 3.69. The van der Waals surface area contributed by atoms with E-state index in [1.165, 1.54) is 6.08 Å². The van der Waals surface area contributed by atoms with E-state index < -0.39 is 8.80 Å². The van der Waals surface area contributed by atoms with E-state index in [0.717, 1.165) is 18.5 Å². The summed E-state index contributed by atoms with van der Waals surface area (Å²) in [4.78, 5) is 10.8. The Bertz CT molecular complexity index is 227. The predicted octanol–water partition coefficient (Wildman–Crippen LogP) is 2.63. The Hall–Kier alpha value is -0.653. The van der Waals surface area contributed by atoms with Gasteiger partial charge < -0.3 is 14.2 Å². The number of rotatable bonds is 11. The van der Waals surface area contributed by atoms with E-state index in [1.54, 1.807) is 0 Å². The van der Waals surface area contributed by atoms with Crippen molar-refractivity contribution >= 4 is 14.8 Å². The smallest absolute Gasteiger partial charge is 0.330 e. The molecule has 0 amide bonds. The van der Waals surface area contributed by atoms with E-state index in [0.29, 0.717) is 19.8 Å². The fourth-order valence-corrected chi connectivity index (χ4v) is 3.29. The quantitative estimate of drug-likeness (QED) is 0.191. The second-order valence-electron chi connectivity index (χ2n) is 3.98. The lowest BCUT2D eigenvalue weighted by Crippen LogP contribution is -2.24. The van der Waals surface area contributed by atoms with Gasteiger partial charge in [-0.05, 0) is 26.3 Å². The van der Waals surface area contributed by atoms with Gasteiger partial charge in [-0.2, -0.15) is 0 Å². The molecule has 0 aromatic heterocycles. The summed E-state index contributed by atoms with van der Waals surface area (Å²) in [6, 6.07) is 2.06. The minimum atomic E-state index is -0.504. The molecule has 0 heterocycles. The van der Waals surface area contributed by atoms with Gasteiger partial charge in [-0.15, -0.1) is 0 Å². The minimum Gasteiger partial charge on any atom is -0.463 e. The molecule has 0 aliphatic rings. The molecule has 0 unspecified atom stereocenters. The number of ether oxygens (including phenoxy) is 3. The summed E-state index contributed by atoms with van der Waals surface area (Å²) in [5.41, 5.74) is 0. The Kier molecular flexibility index (Phi) is 11.0. The lowest BCUT2D eigenvalue weighted by molar-refractivity contribution is -0.137. The maximum absolute atomic E-state index is 10.8. The summed E-state index contributed by atoms with van der Waals surface area (Å²) in [7, 11) is -0.504. The molecule has 105 valence electrons. The molecule has 4 nitrogen and oxygen atoms in total. The van der Waals surface area contributed by atoms with Gasteiger partial charge in [-0.1, -0.05) is 19.2 Å². The van der Waals surface area contributed by atoms with Crippen LogP contribution in [-0.4, -0.2) is 40.9 Å². The van der Waals surface area contributed by atoms with Gasteiger partial charge in [0.05, 0.1) is 15.4 Å². The Morgan fingerprint density at radius 1 is 1.33 bits per heavy atom. The largest absolute Gasteiger partial charge is 0.463 e. The van der Waals surface area contributed by atoms with E-state index in [1.807, 2.05) is 13.8 Å². The van der Waals surface area contributed by atoms with E-state index in [4.69, 9.17) is 14.2 Å². The second-order valence-corrected chi connectivity index (χ2v) is 6.80. The second kappa shape index (κ2) is 11.4. The summed E-state index contributed by atoms with van der Waals surface area (Å²) in [5, 5.41) is 0. The van der Waals surface area contributed by atoms with Crippen molar-refractivity contribution < 1.29 is 19.0 Å². The van der Waals surface area contributed by atoms with Crippen LogP contribution in [0.4, 0.5) is 0 Å². The van der Waals surface area contributed by atoms with Gasteiger partial charge >= 0.3 is 5.97 Å². The van der Waals surface area contributed by atoms with E-state index in [9.17, 15) is 4.79 Å². The third kappa shape index (κ3) is 9.38. The standard InChI is InChI=1S/C13H25O4Si/c1-5-12(14)17-9-8-10-18(4)11-13(15-6-2)16-7-3/h5,13H,1,6-11H2,2-4H3. The van der Waals surface area contributed by atoms with Gasteiger partial charge in [0.2, 0.25) is 0 Å². The molecule has 0 atom stereocenters. The van der Waals surface area contributed by atoms with Crippen LogP contribution in [0.15, 0.2) is 12.7 Å². The summed E-state index contributed by atoms with van der Waals surface area (Å²) >= 11 is 0. The van der Waals surface area contributed by atoms with E-state index in [-0.39, 0.29) is 12.3 Å². The molecule has 0 aliphatic heterocycles. The molecule has 18 heavy (non-hydrogen) atoms. The molecule has 0 saturated carbocycles. The molecule has 0 bridgehead atoms. The van der Waals surface area contributed by atoms with Crippen molar-refractivity contribution in [1.82, 2.24) is 0 Å². The van der Waals surface area contributed by atoms with Crippen LogP contribution in [0.3, 0.4) is 0 Å². The molecule has 0 rings (SSSR count). The molecule has 1 radical (unpaired) electrons. The zero-order valence-electron chi connectivity index (χ0n) is 11.7. The first-order chi connectivity index (χ1) is 8.63. The minimum absolute atomic E-state index is 0.0744. The van der Waals surface area contributed by atoms with Crippen molar-refractivity contribution in [2.75, 3.05) is 19.8 Å². The van der Waals surface area contributed by atoms with Crippen LogP contribution >= 0.6 is 0 Å². The first kappa shape index (κ1) is 17.3. The highest BCUT2D eigenvalue weighted by Crippen LogP contribution is 2.11. The first-order valence-corrected chi connectivity index (χ1v) is 8.89. The van der Waals surface area contributed by atoms with Crippen LogP contribution in [-0.2, 0) is 19.0 Å². The van der Waals surface area contributed by atoms with Crippen LogP contribution in [0, 0.1) is 0 Å². The molecule has 0 aromatic carbocycles. The van der Waals surface area contributed by atoms with Crippen molar-refractivity contribution in [1.29, 1.82) is 0 Å². The summed E-state index contributed by atoms with van der Waals surface area (Å²) in [5.74, 6) is -0.346. The normalized spacial score (nSPS) is 10.9.